The Labute approximate surface area is 159 Å². The Morgan fingerprint density at radius 3 is 2.52 bits per heavy atom. The van der Waals surface area contributed by atoms with E-state index in [9.17, 15) is 9.59 Å². The molecule has 6 nitrogen and oxygen atoms in total. The first-order chi connectivity index (χ1) is 13.1. The largest absolute Gasteiger partial charge is 0.485 e. The van der Waals surface area contributed by atoms with Crippen molar-refractivity contribution in [2.45, 2.75) is 13.0 Å². The zero-order chi connectivity index (χ0) is 18.8. The third-order valence-corrected chi connectivity index (χ3v) is 5.10. The first kappa shape index (κ1) is 17.2. The molecule has 1 aromatic heterocycles. The predicted octanol–water partition coefficient (Wildman–Crippen LogP) is 3.79. The number of rotatable bonds is 4. The van der Waals surface area contributed by atoms with Crippen molar-refractivity contribution in [1.82, 2.24) is 4.98 Å². The number of hydrogen-bond acceptors (Lipinski definition) is 6. The number of ether oxygens (including phenoxy) is 2. The van der Waals surface area contributed by atoms with Gasteiger partial charge >= 0.3 is 0 Å². The maximum atomic E-state index is 12.6. The molecule has 0 spiro atoms. The zero-order valence-corrected chi connectivity index (χ0v) is 15.3. The molecule has 2 aromatic carbocycles. The van der Waals surface area contributed by atoms with Crippen LogP contribution in [0.3, 0.4) is 0 Å². The normalized spacial score (nSPS) is 15.2. The molecule has 0 saturated heterocycles. The molecular formula is C20H16N2O4S. The molecule has 0 aliphatic carbocycles. The number of nitrogens with one attached hydrogen (secondary N) is 1. The summed E-state index contributed by atoms with van der Waals surface area (Å²) in [5.41, 5.74) is 1.39. The molecule has 1 aliphatic heterocycles. The Bertz CT molecular complexity index is 1000. The van der Waals surface area contributed by atoms with Gasteiger partial charge in [0.1, 0.15) is 6.61 Å². The predicted molar refractivity (Wildman–Crippen MR) is 103 cm³/mol. The summed E-state index contributed by atoms with van der Waals surface area (Å²) in [7, 11) is 0. The molecule has 7 heteroatoms. The Hall–Kier alpha value is -3.19. The number of amides is 1. The average Bonchev–Trinajstić information content (AvgIpc) is 3.12. The fourth-order valence-electron chi connectivity index (χ4n) is 2.74. The molecule has 2 heterocycles. The number of aromatic nitrogens is 1. The highest BCUT2D eigenvalue weighted by atomic mass is 32.1. The van der Waals surface area contributed by atoms with E-state index >= 15 is 0 Å². The van der Waals surface area contributed by atoms with Crippen molar-refractivity contribution in [3.8, 4) is 22.8 Å². The van der Waals surface area contributed by atoms with Gasteiger partial charge in [-0.3, -0.25) is 14.9 Å². The summed E-state index contributed by atoms with van der Waals surface area (Å²) in [6.45, 7) is 1.60. The molecule has 1 aliphatic rings. The maximum absolute atomic E-state index is 12.6. The SMILES string of the molecule is CC(=O)c1sc(NC(=O)[C@@H]2COc3ccccc3O2)nc1-c1ccccc1. The lowest BCUT2D eigenvalue weighted by Gasteiger charge is -2.25. The van der Waals surface area contributed by atoms with Crippen LogP contribution < -0.4 is 14.8 Å². The van der Waals surface area contributed by atoms with Crippen LogP contribution in [-0.2, 0) is 4.79 Å². The van der Waals surface area contributed by atoms with Gasteiger partial charge in [0.25, 0.3) is 5.91 Å². The van der Waals surface area contributed by atoms with E-state index in [4.69, 9.17) is 9.47 Å². The van der Waals surface area contributed by atoms with E-state index in [1.165, 1.54) is 6.92 Å². The minimum Gasteiger partial charge on any atom is -0.485 e. The summed E-state index contributed by atoms with van der Waals surface area (Å²) >= 11 is 1.15. The van der Waals surface area contributed by atoms with Gasteiger partial charge in [0.05, 0.1) is 10.6 Å². The molecular weight excluding hydrogens is 364 g/mol. The number of carbonyl (C=O) groups excluding carboxylic acids is 2. The molecule has 1 N–H and O–H groups in total. The van der Waals surface area contributed by atoms with Crippen molar-refractivity contribution in [2.24, 2.45) is 0 Å². The summed E-state index contributed by atoms with van der Waals surface area (Å²) in [6, 6.07) is 16.6. The fraction of sp³-hybridized carbons (Fsp3) is 0.150. The molecule has 0 bridgehead atoms. The van der Waals surface area contributed by atoms with Crippen molar-refractivity contribution in [2.75, 3.05) is 11.9 Å². The Morgan fingerprint density at radius 1 is 1.07 bits per heavy atom. The highest BCUT2D eigenvalue weighted by Gasteiger charge is 2.28. The lowest BCUT2D eigenvalue weighted by Crippen LogP contribution is -2.40. The van der Waals surface area contributed by atoms with Crippen LogP contribution in [0.5, 0.6) is 11.5 Å². The molecule has 0 radical (unpaired) electrons. The number of thiazole rings is 1. The Balaban J connectivity index is 1.55. The number of carbonyl (C=O) groups is 2. The van der Waals surface area contributed by atoms with E-state index in [0.717, 1.165) is 16.9 Å². The van der Waals surface area contributed by atoms with E-state index in [2.05, 4.69) is 10.3 Å². The molecule has 0 saturated carbocycles. The summed E-state index contributed by atoms with van der Waals surface area (Å²) in [6.07, 6.45) is -0.787. The Kier molecular flexibility index (Phi) is 4.60. The first-order valence-corrected chi connectivity index (χ1v) is 9.20. The van der Waals surface area contributed by atoms with E-state index < -0.39 is 6.10 Å². The van der Waals surface area contributed by atoms with Crippen LogP contribution in [0.1, 0.15) is 16.6 Å². The number of para-hydroxylation sites is 2. The highest BCUT2D eigenvalue weighted by Crippen LogP contribution is 2.33. The van der Waals surface area contributed by atoms with Crippen molar-refractivity contribution in [1.29, 1.82) is 0 Å². The van der Waals surface area contributed by atoms with Gasteiger partial charge in [0.15, 0.2) is 22.4 Å². The van der Waals surface area contributed by atoms with E-state index in [0.29, 0.717) is 27.2 Å². The molecule has 3 aromatic rings. The van der Waals surface area contributed by atoms with E-state index in [1.807, 2.05) is 42.5 Å². The third kappa shape index (κ3) is 3.54. The lowest BCUT2D eigenvalue weighted by atomic mass is 10.1. The van der Waals surface area contributed by atoms with Crippen LogP contribution in [0.2, 0.25) is 0 Å². The summed E-state index contributed by atoms with van der Waals surface area (Å²) in [4.78, 5) is 29.5. The van der Waals surface area contributed by atoms with Crippen LogP contribution in [0, 0.1) is 0 Å². The van der Waals surface area contributed by atoms with Gasteiger partial charge in [-0.2, -0.15) is 0 Å². The highest BCUT2D eigenvalue weighted by molar-refractivity contribution is 7.18. The maximum Gasteiger partial charge on any atom is 0.270 e. The standard InChI is InChI=1S/C20H16N2O4S/c1-12(23)18-17(13-7-3-2-4-8-13)21-20(27-18)22-19(24)16-11-25-14-9-5-6-10-15(14)26-16/h2-10,16H,11H2,1H3,(H,21,22,24)/t16-/m0/s1. The summed E-state index contributed by atoms with van der Waals surface area (Å²) in [5, 5.41) is 3.09. The van der Waals surface area contributed by atoms with Crippen molar-refractivity contribution in [3.05, 3.63) is 59.5 Å². The second kappa shape index (κ2) is 7.20. The number of Topliss-reactive ketones (excluding diaryl/α,β-unsaturated/α-hetero) is 1. The quantitative estimate of drug-likeness (QED) is 0.697. The summed E-state index contributed by atoms with van der Waals surface area (Å²) in [5.74, 6) is 0.671. The molecule has 136 valence electrons. The van der Waals surface area contributed by atoms with Gasteiger partial charge in [0.2, 0.25) is 6.10 Å². The van der Waals surface area contributed by atoms with Crippen molar-refractivity contribution in [3.63, 3.8) is 0 Å². The fourth-order valence-corrected chi connectivity index (χ4v) is 3.62. The van der Waals surface area contributed by atoms with Gasteiger partial charge in [-0.15, -0.1) is 0 Å². The van der Waals surface area contributed by atoms with Gasteiger partial charge < -0.3 is 9.47 Å². The molecule has 4 rings (SSSR count). The summed E-state index contributed by atoms with van der Waals surface area (Å²) < 4.78 is 11.3. The molecule has 27 heavy (non-hydrogen) atoms. The van der Waals surface area contributed by atoms with Gasteiger partial charge in [0, 0.05) is 12.5 Å². The molecule has 1 amide bonds. The monoisotopic (exact) mass is 380 g/mol. The number of fused-ring (bicyclic) bond motifs is 1. The van der Waals surface area contributed by atoms with Crippen LogP contribution in [0.4, 0.5) is 5.13 Å². The Morgan fingerprint density at radius 2 is 1.78 bits per heavy atom. The van der Waals surface area contributed by atoms with Crippen LogP contribution >= 0.6 is 11.3 Å². The minimum absolute atomic E-state index is 0.0990. The van der Waals surface area contributed by atoms with Gasteiger partial charge in [-0.25, -0.2) is 4.98 Å². The topological polar surface area (TPSA) is 77.5 Å². The van der Waals surface area contributed by atoms with Crippen molar-refractivity contribution >= 4 is 28.2 Å². The minimum atomic E-state index is -0.787. The van der Waals surface area contributed by atoms with Crippen LogP contribution in [-0.4, -0.2) is 29.4 Å². The number of ketones is 1. The van der Waals surface area contributed by atoms with Gasteiger partial charge in [-0.05, 0) is 12.1 Å². The third-order valence-electron chi connectivity index (χ3n) is 4.03. The second-order valence-electron chi connectivity index (χ2n) is 5.97. The van der Waals surface area contributed by atoms with E-state index in [1.54, 1.807) is 12.1 Å². The lowest BCUT2D eigenvalue weighted by molar-refractivity contribution is -0.125. The van der Waals surface area contributed by atoms with E-state index in [-0.39, 0.29) is 18.3 Å². The smallest absolute Gasteiger partial charge is 0.270 e. The molecule has 0 unspecified atom stereocenters. The number of benzene rings is 2. The number of hydrogen-bond donors (Lipinski definition) is 1. The molecule has 1 atom stereocenters. The zero-order valence-electron chi connectivity index (χ0n) is 14.5. The molecule has 0 fully saturated rings. The van der Waals surface area contributed by atoms with Gasteiger partial charge in [-0.1, -0.05) is 53.8 Å². The average molecular weight is 380 g/mol. The number of nitrogens with zero attached hydrogens (tertiary/aromatic N) is 1. The first-order valence-electron chi connectivity index (χ1n) is 8.38. The van der Waals surface area contributed by atoms with Crippen molar-refractivity contribution < 1.29 is 19.1 Å². The number of anilines is 1. The second-order valence-corrected chi connectivity index (χ2v) is 6.97. The van der Waals surface area contributed by atoms with Crippen LogP contribution in [0.25, 0.3) is 11.3 Å². The van der Waals surface area contributed by atoms with Crippen LogP contribution in [0.15, 0.2) is 54.6 Å².